The second-order valence-electron chi connectivity index (χ2n) is 8.24. The summed E-state index contributed by atoms with van der Waals surface area (Å²) >= 11 is 0. The lowest BCUT2D eigenvalue weighted by molar-refractivity contribution is -0.143. The van der Waals surface area contributed by atoms with Crippen LogP contribution in [-0.4, -0.2) is 53.3 Å². The molecule has 1 aromatic rings. The number of piperidine rings is 1. The number of carbonyl (C=O) groups is 2. The lowest BCUT2D eigenvalue weighted by Crippen LogP contribution is -2.54. The van der Waals surface area contributed by atoms with E-state index in [1.165, 1.54) is 0 Å². The van der Waals surface area contributed by atoms with Gasteiger partial charge in [-0.25, -0.2) is 0 Å². The molecule has 2 heterocycles. The highest BCUT2D eigenvalue weighted by molar-refractivity contribution is 5.89. The molecule has 1 saturated carbocycles. The molecule has 3 aliphatic rings. The Balaban J connectivity index is 0.000000706. The third-order valence-electron chi connectivity index (χ3n) is 6.83. The minimum atomic E-state index is -0.348. The number of rotatable bonds is 4. The van der Waals surface area contributed by atoms with Crippen molar-refractivity contribution in [2.75, 3.05) is 13.7 Å². The van der Waals surface area contributed by atoms with E-state index in [1.54, 1.807) is 7.11 Å². The predicted molar refractivity (Wildman–Crippen MR) is 105 cm³/mol. The van der Waals surface area contributed by atoms with E-state index in [0.29, 0.717) is 23.9 Å². The van der Waals surface area contributed by atoms with Gasteiger partial charge in [0.15, 0.2) is 0 Å². The third kappa shape index (κ3) is 3.75. The van der Waals surface area contributed by atoms with E-state index < -0.39 is 0 Å². The van der Waals surface area contributed by atoms with Crippen molar-refractivity contribution in [3.8, 4) is 5.75 Å². The lowest BCUT2D eigenvalue weighted by Gasteiger charge is -2.43. The molecule has 1 amide bonds. The lowest BCUT2D eigenvalue weighted by atomic mass is 9.76. The average molecular weight is 389 g/mol. The molecule has 3 fully saturated rings. The minimum absolute atomic E-state index is 0.250. The van der Waals surface area contributed by atoms with Crippen LogP contribution in [0.15, 0.2) is 24.3 Å². The first kappa shape index (κ1) is 20.6. The van der Waals surface area contributed by atoms with Crippen LogP contribution in [0.2, 0.25) is 0 Å². The topological polar surface area (TPSA) is 87.1 Å². The maximum absolute atomic E-state index is 13.8. The maximum Gasteiger partial charge on any atom is 0.290 e. The zero-order chi connectivity index (χ0) is 20.1. The normalized spacial score (nSPS) is 27.6. The number of carbonyl (C=O) groups excluding carboxylic acids is 1. The number of fused-ring (bicyclic) bond motifs is 2. The van der Waals surface area contributed by atoms with Gasteiger partial charge >= 0.3 is 0 Å². The quantitative estimate of drug-likeness (QED) is 0.773. The molecule has 3 atom stereocenters. The highest BCUT2D eigenvalue weighted by Crippen LogP contribution is 2.47. The smallest absolute Gasteiger partial charge is 0.290 e. The van der Waals surface area contributed by atoms with E-state index in [4.69, 9.17) is 14.6 Å². The molecule has 2 N–H and O–H groups in total. The number of aliphatic hydroxyl groups excluding tert-OH is 1. The Kier molecular flexibility index (Phi) is 6.60. The van der Waals surface area contributed by atoms with Gasteiger partial charge in [-0.3, -0.25) is 9.59 Å². The second-order valence-corrected chi connectivity index (χ2v) is 8.24. The molecular formula is C22H31NO5. The number of hydrogen-bond donors (Lipinski definition) is 2. The van der Waals surface area contributed by atoms with Crippen LogP contribution in [0, 0.1) is 5.92 Å². The number of nitrogens with zero attached hydrogens (tertiary/aromatic N) is 1. The van der Waals surface area contributed by atoms with Gasteiger partial charge in [0.1, 0.15) is 5.75 Å². The largest absolute Gasteiger partial charge is 0.497 e. The van der Waals surface area contributed by atoms with Crippen LogP contribution < -0.4 is 4.74 Å². The number of benzene rings is 1. The van der Waals surface area contributed by atoms with Crippen LogP contribution in [-0.2, 0) is 15.0 Å². The van der Waals surface area contributed by atoms with Crippen LogP contribution >= 0.6 is 0 Å². The van der Waals surface area contributed by atoms with Gasteiger partial charge < -0.3 is 19.8 Å². The highest BCUT2D eigenvalue weighted by atomic mass is 16.5. The van der Waals surface area contributed by atoms with Crippen molar-refractivity contribution in [3.05, 3.63) is 29.8 Å². The number of aliphatic hydroxyl groups is 1. The van der Waals surface area contributed by atoms with Crippen molar-refractivity contribution < 1.29 is 24.5 Å². The van der Waals surface area contributed by atoms with Gasteiger partial charge in [-0.05, 0) is 62.1 Å². The van der Waals surface area contributed by atoms with Crippen LogP contribution in [0.25, 0.3) is 0 Å². The number of hydrogen-bond acceptors (Lipinski definition) is 4. The first-order chi connectivity index (χ1) is 13.6. The Morgan fingerprint density at radius 3 is 2.18 bits per heavy atom. The van der Waals surface area contributed by atoms with Crippen molar-refractivity contribution in [1.29, 1.82) is 0 Å². The summed E-state index contributed by atoms with van der Waals surface area (Å²) in [5, 5.41) is 16.4. The maximum atomic E-state index is 13.8. The molecule has 0 spiro atoms. The number of carboxylic acid groups (broad SMARTS) is 1. The van der Waals surface area contributed by atoms with Crippen LogP contribution in [0.5, 0.6) is 5.75 Å². The molecule has 2 saturated heterocycles. The zero-order valence-corrected chi connectivity index (χ0v) is 16.5. The zero-order valence-electron chi connectivity index (χ0n) is 16.5. The minimum Gasteiger partial charge on any atom is -0.497 e. The monoisotopic (exact) mass is 389 g/mol. The van der Waals surface area contributed by atoms with E-state index in [-0.39, 0.29) is 18.5 Å². The predicted octanol–water partition coefficient (Wildman–Crippen LogP) is 2.97. The molecule has 154 valence electrons. The molecule has 2 aliphatic heterocycles. The van der Waals surface area contributed by atoms with E-state index in [9.17, 15) is 9.90 Å². The number of methoxy groups -OCH3 is 1. The summed E-state index contributed by atoms with van der Waals surface area (Å²) in [5.41, 5.74) is 0.804. The Labute approximate surface area is 166 Å². The summed E-state index contributed by atoms with van der Waals surface area (Å²) in [7, 11) is 1.68. The van der Waals surface area contributed by atoms with Crippen LogP contribution in [0.3, 0.4) is 0 Å². The molecule has 1 unspecified atom stereocenters. The molecular weight excluding hydrogens is 358 g/mol. The highest BCUT2D eigenvalue weighted by Gasteiger charge is 2.51. The SMILES string of the molecule is COc1ccc(C2(C(=O)N3[C@@H]4CC[C@H]3CC(CO)C4)CCCC2)cc1.O=CO. The fourth-order valence-corrected chi connectivity index (χ4v) is 5.53. The molecule has 0 radical (unpaired) electrons. The van der Waals surface area contributed by atoms with Gasteiger partial charge in [-0.15, -0.1) is 0 Å². The number of ether oxygens (including phenoxy) is 1. The second kappa shape index (κ2) is 8.95. The van der Waals surface area contributed by atoms with Gasteiger partial charge in [0.05, 0.1) is 12.5 Å². The Morgan fingerprint density at radius 1 is 1.18 bits per heavy atom. The van der Waals surface area contributed by atoms with Crippen LogP contribution in [0.4, 0.5) is 0 Å². The molecule has 1 aromatic carbocycles. The first-order valence-corrected chi connectivity index (χ1v) is 10.3. The summed E-state index contributed by atoms with van der Waals surface area (Å²) < 4.78 is 5.29. The average Bonchev–Trinajstić information content (AvgIpc) is 3.32. The summed E-state index contributed by atoms with van der Waals surface area (Å²) in [5.74, 6) is 1.56. The Hall–Kier alpha value is -2.08. The van der Waals surface area contributed by atoms with Gasteiger partial charge in [0.2, 0.25) is 5.91 Å². The van der Waals surface area contributed by atoms with E-state index >= 15 is 0 Å². The Bertz CT molecular complexity index is 654. The van der Waals surface area contributed by atoms with Crippen LogP contribution in [0.1, 0.15) is 56.9 Å². The van der Waals surface area contributed by atoms with E-state index in [0.717, 1.165) is 62.7 Å². The molecule has 4 rings (SSSR count). The third-order valence-corrected chi connectivity index (χ3v) is 6.83. The van der Waals surface area contributed by atoms with Crippen molar-refractivity contribution in [2.45, 2.75) is 68.9 Å². The van der Waals surface area contributed by atoms with Gasteiger partial charge in [0.25, 0.3) is 6.47 Å². The summed E-state index contributed by atoms with van der Waals surface area (Å²) in [6, 6.07) is 8.80. The molecule has 6 heteroatoms. The van der Waals surface area contributed by atoms with E-state index in [1.807, 2.05) is 12.1 Å². The van der Waals surface area contributed by atoms with Crippen molar-refractivity contribution in [1.82, 2.24) is 4.90 Å². The Morgan fingerprint density at radius 2 is 1.71 bits per heavy atom. The van der Waals surface area contributed by atoms with Gasteiger partial charge in [-0.1, -0.05) is 25.0 Å². The first-order valence-electron chi connectivity index (χ1n) is 10.3. The van der Waals surface area contributed by atoms with Gasteiger partial charge in [0, 0.05) is 18.7 Å². The molecule has 0 aromatic heterocycles. The summed E-state index contributed by atoms with van der Waals surface area (Å²) in [4.78, 5) is 24.4. The van der Waals surface area contributed by atoms with Crippen molar-refractivity contribution >= 4 is 12.4 Å². The van der Waals surface area contributed by atoms with Gasteiger partial charge in [-0.2, -0.15) is 0 Å². The fourth-order valence-electron chi connectivity index (χ4n) is 5.53. The van der Waals surface area contributed by atoms with Crippen molar-refractivity contribution in [3.63, 3.8) is 0 Å². The summed E-state index contributed by atoms with van der Waals surface area (Å²) in [6.07, 6.45) is 8.31. The standard InChI is InChI=1S/C21H29NO3.CH2O2/c1-25-19-8-4-16(5-9-19)21(10-2-3-11-21)20(24)22-17-6-7-18(22)13-15(12-17)14-23;2-1-3/h4-5,8-9,15,17-18,23H,2-3,6-7,10-14H2,1H3;1H,(H,2,3)/t15?,17-,18+;. The molecule has 1 aliphatic carbocycles. The molecule has 2 bridgehead atoms. The molecule has 28 heavy (non-hydrogen) atoms. The van der Waals surface area contributed by atoms with Crippen molar-refractivity contribution in [2.24, 2.45) is 5.92 Å². The fraction of sp³-hybridized carbons (Fsp3) is 0.636. The molecule has 6 nitrogen and oxygen atoms in total. The van der Waals surface area contributed by atoms with E-state index in [2.05, 4.69) is 17.0 Å². The summed E-state index contributed by atoms with van der Waals surface area (Å²) in [6.45, 7) is 0.0126. The number of amides is 1.